The molecule has 2 heterocycles. The van der Waals surface area contributed by atoms with Crippen LogP contribution in [0.15, 0.2) is 54.7 Å². The van der Waals surface area contributed by atoms with E-state index in [1.54, 1.807) is 12.1 Å². The zero-order valence-electron chi connectivity index (χ0n) is 19.0. The number of aryl methyl sites for hydroxylation is 2. The van der Waals surface area contributed by atoms with Crippen LogP contribution in [0, 0.1) is 30.9 Å². The van der Waals surface area contributed by atoms with Gasteiger partial charge in [-0.3, -0.25) is 24.9 Å². The van der Waals surface area contributed by atoms with E-state index < -0.39 is 0 Å². The average Bonchev–Trinajstić information content (AvgIpc) is 2.79. The molecule has 0 bridgehead atoms. The highest BCUT2D eigenvalue weighted by atomic mass is 16.6. The SMILES string of the molecule is Cc1cc(-c2cc(CN3CCN(Cc4ccc([N+](=O)[O-])cc4)CC3)ccn2)cc(C)c1C. The Hall–Kier alpha value is -3.09. The number of aromatic nitrogens is 1. The van der Waals surface area contributed by atoms with Crippen LogP contribution in [0.4, 0.5) is 5.69 Å². The third kappa shape index (κ3) is 5.21. The van der Waals surface area contributed by atoms with Gasteiger partial charge in [0.1, 0.15) is 0 Å². The Morgan fingerprint density at radius 2 is 1.41 bits per heavy atom. The highest BCUT2D eigenvalue weighted by molar-refractivity contribution is 5.63. The molecule has 4 rings (SSSR count). The van der Waals surface area contributed by atoms with Gasteiger partial charge >= 0.3 is 0 Å². The number of hydrogen-bond donors (Lipinski definition) is 0. The van der Waals surface area contributed by atoms with Gasteiger partial charge in [0.25, 0.3) is 5.69 Å². The summed E-state index contributed by atoms with van der Waals surface area (Å²) in [6.45, 7) is 12.2. The average molecular weight is 431 g/mol. The molecule has 6 heteroatoms. The van der Waals surface area contributed by atoms with E-state index in [9.17, 15) is 10.1 Å². The van der Waals surface area contributed by atoms with Crippen LogP contribution in [0.3, 0.4) is 0 Å². The minimum Gasteiger partial charge on any atom is -0.297 e. The number of nitro groups is 1. The lowest BCUT2D eigenvalue weighted by Crippen LogP contribution is -2.45. The van der Waals surface area contributed by atoms with Crippen LogP contribution in [0.5, 0.6) is 0 Å². The molecule has 1 aromatic heterocycles. The maximum absolute atomic E-state index is 10.8. The lowest BCUT2D eigenvalue weighted by atomic mass is 9.98. The summed E-state index contributed by atoms with van der Waals surface area (Å²) in [6, 6.07) is 15.7. The molecule has 32 heavy (non-hydrogen) atoms. The number of benzene rings is 2. The Morgan fingerprint density at radius 1 is 0.844 bits per heavy atom. The van der Waals surface area contributed by atoms with E-state index in [-0.39, 0.29) is 10.6 Å². The van der Waals surface area contributed by atoms with Crippen LogP contribution in [-0.2, 0) is 13.1 Å². The van der Waals surface area contributed by atoms with Crippen molar-refractivity contribution in [2.75, 3.05) is 26.2 Å². The minimum absolute atomic E-state index is 0.145. The molecule has 1 aliphatic heterocycles. The van der Waals surface area contributed by atoms with Crippen molar-refractivity contribution < 1.29 is 4.92 Å². The molecule has 6 nitrogen and oxygen atoms in total. The van der Waals surface area contributed by atoms with E-state index in [4.69, 9.17) is 0 Å². The number of non-ortho nitro benzene ring substituents is 1. The molecule has 0 N–H and O–H groups in total. The molecule has 0 saturated carbocycles. The van der Waals surface area contributed by atoms with Crippen LogP contribution in [0.2, 0.25) is 0 Å². The summed E-state index contributed by atoms with van der Waals surface area (Å²) in [7, 11) is 0. The third-order valence-electron chi connectivity index (χ3n) is 6.47. The molecule has 0 amide bonds. The molecule has 3 aromatic rings. The second kappa shape index (κ2) is 9.59. The minimum atomic E-state index is -0.353. The summed E-state index contributed by atoms with van der Waals surface area (Å²) in [5, 5.41) is 10.8. The number of hydrogen-bond acceptors (Lipinski definition) is 5. The Labute approximate surface area is 189 Å². The van der Waals surface area contributed by atoms with Crippen LogP contribution in [0.1, 0.15) is 27.8 Å². The number of nitrogens with zero attached hydrogens (tertiary/aromatic N) is 4. The summed E-state index contributed by atoms with van der Waals surface area (Å²) >= 11 is 0. The maximum atomic E-state index is 10.8. The van der Waals surface area contributed by atoms with Crippen molar-refractivity contribution in [2.24, 2.45) is 0 Å². The Kier molecular flexibility index (Phi) is 6.63. The monoisotopic (exact) mass is 430 g/mol. The standard InChI is InChI=1S/C26H30N4O2/c1-19-14-24(15-20(2)21(19)3)26-16-23(8-9-27-26)18-29-12-10-28(11-13-29)17-22-4-6-25(7-5-22)30(31)32/h4-9,14-16H,10-13,17-18H2,1-3H3. The summed E-state index contributed by atoms with van der Waals surface area (Å²) in [5.74, 6) is 0. The summed E-state index contributed by atoms with van der Waals surface area (Å²) in [5.41, 5.74) is 8.71. The van der Waals surface area contributed by atoms with E-state index in [0.29, 0.717) is 0 Å². The molecule has 1 saturated heterocycles. The van der Waals surface area contributed by atoms with Gasteiger partial charge in [0, 0.05) is 63.2 Å². The van der Waals surface area contributed by atoms with E-state index in [2.05, 4.69) is 59.8 Å². The largest absolute Gasteiger partial charge is 0.297 e. The number of pyridine rings is 1. The fourth-order valence-corrected chi connectivity index (χ4v) is 4.26. The number of rotatable bonds is 6. The Balaban J connectivity index is 1.34. The summed E-state index contributed by atoms with van der Waals surface area (Å²) in [4.78, 5) is 20.0. The van der Waals surface area contributed by atoms with Gasteiger partial charge in [-0.1, -0.05) is 12.1 Å². The smallest absolute Gasteiger partial charge is 0.269 e. The van der Waals surface area contributed by atoms with E-state index in [1.807, 2.05) is 18.3 Å². The van der Waals surface area contributed by atoms with Crippen molar-refractivity contribution in [1.82, 2.24) is 14.8 Å². The van der Waals surface area contributed by atoms with Gasteiger partial charge in [0.2, 0.25) is 0 Å². The first kappa shape index (κ1) is 22.1. The van der Waals surface area contributed by atoms with E-state index >= 15 is 0 Å². The van der Waals surface area contributed by atoms with Gasteiger partial charge < -0.3 is 0 Å². The highest BCUT2D eigenvalue weighted by Gasteiger charge is 2.18. The van der Waals surface area contributed by atoms with Crippen molar-refractivity contribution in [3.8, 4) is 11.3 Å². The lowest BCUT2D eigenvalue weighted by Gasteiger charge is -2.34. The van der Waals surface area contributed by atoms with Gasteiger partial charge in [-0.05, 0) is 72.9 Å². The molecule has 2 aromatic carbocycles. The quantitative estimate of drug-likeness (QED) is 0.411. The van der Waals surface area contributed by atoms with Crippen LogP contribution in [-0.4, -0.2) is 45.9 Å². The van der Waals surface area contributed by atoms with Crippen LogP contribution < -0.4 is 0 Å². The fourth-order valence-electron chi connectivity index (χ4n) is 4.26. The van der Waals surface area contributed by atoms with E-state index in [0.717, 1.165) is 50.5 Å². The topological polar surface area (TPSA) is 62.5 Å². The maximum Gasteiger partial charge on any atom is 0.269 e. The predicted molar refractivity (Wildman–Crippen MR) is 128 cm³/mol. The third-order valence-corrected chi connectivity index (χ3v) is 6.47. The normalized spacial score (nSPS) is 15.1. The fraction of sp³-hybridized carbons (Fsp3) is 0.346. The molecule has 0 aliphatic carbocycles. The number of nitro benzene ring substituents is 1. The Bertz CT molecular complexity index is 1080. The Morgan fingerprint density at radius 3 is 1.97 bits per heavy atom. The van der Waals surface area contributed by atoms with Gasteiger partial charge in [0.15, 0.2) is 0 Å². The second-order valence-electron chi connectivity index (χ2n) is 8.76. The van der Waals surface area contributed by atoms with Crippen molar-refractivity contribution in [3.63, 3.8) is 0 Å². The van der Waals surface area contributed by atoms with Crippen molar-refractivity contribution in [2.45, 2.75) is 33.9 Å². The van der Waals surface area contributed by atoms with Crippen LogP contribution in [0.25, 0.3) is 11.3 Å². The zero-order chi connectivity index (χ0) is 22.7. The van der Waals surface area contributed by atoms with Gasteiger partial charge in [0.05, 0.1) is 10.6 Å². The molecular formula is C26H30N4O2. The summed E-state index contributed by atoms with van der Waals surface area (Å²) in [6.07, 6.45) is 1.92. The first-order valence-electron chi connectivity index (χ1n) is 11.1. The van der Waals surface area contributed by atoms with Crippen LogP contribution >= 0.6 is 0 Å². The van der Waals surface area contributed by atoms with Crippen molar-refractivity contribution >= 4 is 5.69 Å². The van der Waals surface area contributed by atoms with Gasteiger partial charge in [-0.15, -0.1) is 0 Å². The van der Waals surface area contributed by atoms with Gasteiger partial charge in [-0.25, -0.2) is 0 Å². The highest BCUT2D eigenvalue weighted by Crippen LogP contribution is 2.24. The number of piperazine rings is 1. The van der Waals surface area contributed by atoms with Gasteiger partial charge in [-0.2, -0.15) is 0 Å². The predicted octanol–water partition coefficient (Wildman–Crippen LogP) is 4.90. The van der Waals surface area contributed by atoms with E-state index in [1.165, 1.54) is 27.8 Å². The molecule has 0 atom stereocenters. The second-order valence-corrected chi connectivity index (χ2v) is 8.76. The summed E-state index contributed by atoms with van der Waals surface area (Å²) < 4.78 is 0. The molecule has 0 unspecified atom stereocenters. The molecule has 0 radical (unpaired) electrons. The van der Waals surface area contributed by atoms with Crippen molar-refractivity contribution in [1.29, 1.82) is 0 Å². The first-order chi connectivity index (χ1) is 15.4. The van der Waals surface area contributed by atoms with Crippen molar-refractivity contribution in [3.05, 3.63) is 92.7 Å². The molecule has 0 spiro atoms. The lowest BCUT2D eigenvalue weighted by molar-refractivity contribution is -0.384. The molecule has 1 aliphatic rings. The molecule has 166 valence electrons. The molecular weight excluding hydrogens is 400 g/mol. The first-order valence-corrected chi connectivity index (χ1v) is 11.1. The zero-order valence-corrected chi connectivity index (χ0v) is 19.0. The molecule has 1 fully saturated rings.